The smallest absolute Gasteiger partial charge is 0.313 e. The van der Waals surface area contributed by atoms with Crippen LogP contribution in [0.4, 0.5) is 0 Å². The highest BCUT2D eigenvalue weighted by Gasteiger charge is 2.21. The Bertz CT molecular complexity index is 345. The van der Waals surface area contributed by atoms with E-state index in [-0.39, 0.29) is 17.4 Å². The number of carbonyl (C=O) groups excluding carboxylic acids is 1. The van der Waals surface area contributed by atoms with Crippen LogP contribution >= 0.6 is 11.8 Å². The standard InChI is InChI=1S/C20H39NO3S/c1-5-9-11-17(7-3)13-21(14-18(8-4)12-10-6-2)19(22)15-25-16-20(23)24/h17-18H,5-16H2,1-4H3,(H,23,24)/t17-,18-/m0/s1. The zero-order valence-electron chi connectivity index (χ0n) is 16.8. The second kappa shape index (κ2) is 15.5. The Kier molecular flexibility index (Phi) is 15.1. The Morgan fingerprint density at radius 3 is 1.72 bits per heavy atom. The third kappa shape index (κ3) is 12.3. The summed E-state index contributed by atoms with van der Waals surface area (Å²) < 4.78 is 0. The molecule has 0 heterocycles. The minimum Gasteiger partial charge on any atom is -0.481 e. The molecule has 0 aliphatic rings. The number of hydrogen-bond donors (Lipinski definition) is 1. The summed E-state index contributed by atoms with van der Waals surface area (Å²) in [6.45, 7) is 10.5. The minimum absolute atomic E-state index is 0.000335. The van der Waals surface area contributed by atoms with Gasteiger partial charge in [0, 0.05) is 13.1 Å². The Morgan fingerprint density at radius 2 is 1.36 bits per heavy atom. The van der Waals surface area contributed by atoms with Gasteiger partial charge in [0.2, 0.25) is 5.91 Å². The molecule has 0 bridgehead atoms. The lowest BCUT2D eigenvalue weighted by atomic mass is 9.95. The van der Waals surface area contributed by atoms with Crippen molar-refractivity contribution in [2.75, 3.05) is 24.6 Å². The second-order valence-corrected chi connectivity index (χ2v) is 8.00. The molecule has 0 aliphatic heterocycles. The minimum atomic E-state index is -0.854. The van der Waals surface area contributed by atoms with Gasteiger partial charge >= 0.3 is 5.97 Å². The highest BCUT2D eigenvalue weighted by Crippen LogP contribution is 2.20. The summed E-state index contributed by atoms with van der Waals surface area (Å²) in [5.41, 5.74) is 0. The van der Waals surface area contributed by atoms with E-state index in [1.165, 1.54) is 50.3 Å². The number of carboxylic acids is 1. The molecule has 0 spiro atoms. The maximum absolute atomic E-state index is 12.7. The molecule has 0 saturated carbocycles. The summed E-state index contributed by atoms with van der Waals surface area (Å²) in [5.74, 6) is 0.638. The zero-order chi connectivity index (χ0) is 19.1. The van der Waals surface area contributed by atoms with E-state index in [0.29, 0.717) is 11.8 Å². The monoisotopic (exact) mass is 373 g/mol. The predicted molar refractivity (Wildman–Crippen MR) is 108 cm³/mol. The van der Waals surface area contributed by atoms with Crippen LogP contribution in [0, 0.1) is 11.8 Å². The van der Waals surface area contributed by atoms with Gasteiger partial charge in [0.05, 0.1) is 11.5 Å². The van der Waals surface area contributed by atoms with Crippen LogP contribution in [0.15, 0.2) is 0 Å². The highest BCUT2D eigenvalue weighted by molar-refractivity contribution is 8.00. The summed E-state index contributed by atoms with van der Waals surface area (Å²) in [6.07, 6.45) is 9.33. The van der Waals surface area contributed by atoms with E-state index in [4.69, 9.17) is 5.11 Å². The number of rotatable bonds is 16. The third-order valence-electron chi connectivity index (χ3n) is 4.85. The number of carbonyl (C=O) groups is 2. The van der Waals surface area contributed by atoms with Gasteiger partial charge in [0.25, 0.3) is 0 Å². The van der Waals surface area contributed by atoms with Crippen LogP contribution in [0.5, 0.6) is 0 Å². The summed E-state index contributed by atoms with van der Waals surface area (Å²) >= 11 is 1.21. The predicted octanol–water partition coefficient (Wildman–Crippen LogP) is 5.07. The Labute approximate surface area is 159 Å². The highest BCUT2D eigenvalue weighted by atomic mass is 32.2. The first-order valence-corrected chi connectivity index (χ1v) is 11.2. The first kappa shape index (κ1) is 24.3. The van der Waals surface area contributed by atoms with Crippen LogP contribution in [-0.4, -0.2) is 46.5 Å². The lowest BCUT2D eigenvalue weighted by molar-refractivity contribution is -0.133. The lowest BCUT2D eigenvalue weighted by Crippen LogP contribution is -2.40. The normalized spacial score (nSPS) is 13.4. The molecular formula is C20H39NO3S. The van der Waals surface area contributed by atoms with Crippen molar-refractivity contribution in [3.63, 3.8) is 0 Å². The van der Waals surface area contributed by atoms with Crippen molar-refractivity contribution < 1.29 is 14.7 Å². The van der Waals surface area contributed by atoms with E-state index >= 15 is 0 Å². The number of unbranched alkanes of at least 4 members (excludes halogenated alkanes) is 2. The maximum atomic E-state index is 12.7. The van der Waals surface area contributed by atoms with Crippen LogP contribution in [0.25, 0.3) is 0 Å². The van der Waals surface area contributed by atoms with Gasteiger partial charge in [0.15, 0.2) is 0 Å². The molecule has 148 valence electrons. The van der Waals surface area contributed by atoms with Crippen molar-refractivity contribution in [3.8, 4) is 0 Å². The molecule has 0 saturated heterocycles. The van der Waals surface area contributed by atoms with Crippen LogP contribution in [0.3, 0.4) is 0 Å². The van der Waals surface area contributed by atoms with Crippen molar-refractivity contribution in [3.05, 3.63) is 0 Å². The van der Waals surface area contributed by atoms with Gasteiger partial charge < -0.3 is 10.0 Å². The van der Waals surface area contributed by atoms with Crippen LogP contribution in [0.2, 0.25) is 0 Å². The molecule has 0 fully saturated rings. The Morgan fingerprint density at radius 1 is 0.880 bits per heavy atom. The molecule has 0 aromatic rings. The molecule has 0 radical (unpaired) electrons. The van der Waals surface area contributed by atoms with Crippen LogP contribution < -0.4 is 0 Å². The number of carboxylic acid groups (broad SMARTS) is 1. The maximum Gasteiger partial charge on any atom is 0.313 e. The average Bonchev–Trinajstić information content (AvgIpc) is 2.59. The number of thioether (sulfide) groups is 1. The molecular weight excluding hydrogens is 334 g/mol. The molecule has 5 heteroatoms. The number of amides is 1. The molecule has 25 heavy (non-hydrogen) atoms. The van der Waals surface area contributed by atoms with E-state index in [2.05, 4.69) is 27.7 Å². The first-order chi connectivity index (χ1) is 12.0. The lowest BCUT2D eigenvalue weighted by Gasteiger charge is -2.30. The third-order valence-corrected chi connectivity index (χ3v) is 5.75. The SMILES string of the molecule is CCCC[C@H](CC)CN(C[C@@H](CC)CCCC)C(=O)CSCC(=O)O. The summed E-state index contributed by atoms with van der Waals surface area (Å²) in [6, 6.07) is 0. The fourth-order valence-corrected chi connectivity index (χ4v) is 3.69. The van der Waals surface area contributed by atoms with Crippen molar-refractivity contribution >= 4 is 23.6 Å². The number of hydrogen-bond acceptors (Lipinski definition) is 3. The van der Waals surface area contributed by atoms with Gasteiger partial charge in [-0.1, -0.05) is 66.2 Å². The number of nitrogens with zero attached hydrogens (tertiary/aromatic N) is 1. The van der Waals surface area contributed by atoms with Crippen molar-refractivity contribution in [2.45, 2.75) is 79.1 Å². The van der Waals surface area contributed by atoms with E-state index in [0.717, 1.165) is 25.9 Å². The van der Waals surface area contributed by atoms with Gasteiger partial charge in [-0.15, -0.1) is 11.8 Å². The average molecular weight is 374 g/mol. The quantitative estimate of drug-likeness (QED) is 0.410. The Hall–Kier alpha value is -0.710. The van der Waals surface area contributed by atoms with Crippen LogP contribution in [-0.2, 0) is 9.59 Å². The van der Waals surface area contributed by atoms with Crippen molar-refractivity contribution in [1.29, 1.82) is 0 Å². The van der Waals surface area contributed by atoms with Crippen molar-refractivity contribution in [2.24, 2.45) is 11.8 Å². The molecule has 0 aromatic heterocycles. The first-order valence-electron chi connectivity index (χ1n) is 10.1. The molecule has 0 aliphatic carbocycles. The van der Waals surface area contributed by atoms with Crippen molar-refractivity contribution in [1.82, 2.24) is 4.90 Å². The number of aliphatic carboxylic acids is 1. The fraction of sp³-hybridized carbons (Fsp3) is 0.900. The molecule has 0 aromatic carbocycles. The van der Waals surface area contributed by atoms with Gasteiger partial charge in [0.1, 0.15) is 0 Å². The molecule has 1 amide bonds. The van der Waals surface area contributed by atoms with E-state index in [1.54, 1.807) is 0 Å². The second-order valence-electron chi connectivity index (χ2n) is 7.02. The molecule has 0 rings (SSSR count). The molecule has 1 N–H and O–H groups in total. The van der Waals surface area contributed by atoms with Gasteiger partial charge in [-0.2, -0.15) is 0 Å². The van der Waals surface area contributed by atoms with Gasteiger partial charge in [-0.3, -0.25) is 9.59 Å². The molecule has 0 unspecified atom stereocenters. The van der Waals surface area contributed by atoms with Gasteiger partial charge in [-0.05, 0) is 24.7 Å². The van der Waals surface area contributed by atoms with E-state index in [9.17, 15) is 9.59 Å². The summed E-state index contributed by atoms with van der Waals surface area (Å²) in [5, 5.41) is 8.78. The summed E-state index contributed by atoms with van der Waals surface area (Å²) in [4.78, 5) is 25.4. The zero-order valence-corrected chi connectivity index (χ0v) is 17.6. The largest absolute Gasteiger partial charge is 0.481 e. The Balaban J connectivity index is 4.81. The summed E-state index contributed by atoms with van der Waals surface area (Å²) in [7, 11) is 0. The molecule has 2 atom stereocenters. The molecule has 4 nitrogen and oxygen atoms in total. The van der Waals surface area contributed by atoms with Crippen LogP contribution in [0.1, 0.15) is 79.1 Å². The topological polar surface area (TPSA) is 57.6 Å². The van der Waals surface area contributed by atoms with E-state index < -0.39 is 5.97 Å². The fourth-order valence-electron chi connectivity index (χ4n) is 3.05. The van der Waals surface area contributed by atoms with E-state index in [1.807, 2.05) is 4.90 Å². The van der Waals surface area contributed by atoms with Gasteiger partial charge in [-0.25, -0.2) is 0 Å².